The van der Waals surface area contributed by atoms with E-state index in [1.165, 1.54) is 0 Å². The number of aromatic nitrogens is 1. The Bertz CT molecular complexity index is 369. The molecule has 0 fully saturated rings. The Hall–Kier alpha value is -1.51. The van der Waals surface area contributed by atoms with Crippen LogP contribution in [0.2, 0.25) is 0 Å². The van der Waals surface area contributed by atoms with Crippen molar-refractivity contribution in [2.24, 2.45) is 4.99 Å². The molecule has 0 aromatic carbocycles. The molecule has 3 heteroatoms. The van der Waals surface area contributed by atoms with Crippen LogP contribution in [0.25, 0.3) is 0 Å². The van der Waals surface area contributed by atoms with Crippen LogP contribution in [0.3, 0.4) is 0 Å². The third-order valence-electron chi connectivity index (χ3n) is 1.80. The summed E-state index contributed by atoms with van der Waals surface area (Å²) in [6, 6.07) is 3.52. The number of pyridine rings is 1. The van der Waals surface area contributed by atoms with Gasteiger partial charge in [0.15, 0.2) is 11.6 Å². The van der Waals surface area contributed by atoms with Gasteiger partial charge < -0.3 is 0 Å². The zero-order valence-corrected chi connectivity index (χ0v) is 6.74. The first-order chi connectivity index (χ1) is 5.77. The molecule has 0 unspecified atom stereocenters. The first-order valence-corrected chi connectivity index (χ1v) is 3.80. The maximum Gasteiger partial charge on any atom is 0.172 e. The first-order valence-electron chi connectivity index (χ1n) is 3.80. The largest absolute Gasteiger partial charge is 0.294 e. The number of nitrogens with zero attached hydrogens (tertiary/aromatic N) is 2. The number of hydrogen-bond donors (Lipinski definition) is 0. The second-order valence-electron chi connectivity index (χ2n) is 2.82. The molecule has 1 aromatic heterocycles. The van der Waals surface area contributed by atoms with Crippen molar-refractivity contribution in [3.05, 3.63) is 23.9 Å². The van der Waals surface area contributed by atoms with Crippen molar-refractivity contribution >= 4 is 17.3 Å². The quantitative estimate of drug-likeness (QED) is 0.580. The molecule has 0 spiro atoms. The smallest absolute Gasteiger partial charge is 0.172 e. The minimum absolute atomic E-state index is 0.116. The fourth-order valence-electron chi connectivity index (χ4n) is 1.25. The van der Waals surface area contributed by atoms with E-state index in [0.717, 1.165) is 5.71 Å². The highest BCUT2D eigenvalue weighted by atomic mass is 16.1. The molecular weight excluding hydrogens is 152 g/mol. The fraction of sp³-hybridized carbons (Fsp3) is 0.222. The van der Waals surface area contributed by atoms with Crippen LogP contribution < -0.4 is 0 Å². The third kappa shape index (κ3) is 1.03. The molecule has 0 aliphatic carbocycles. The van der Waals surface area contributed by atoms with Crippen molar-refractivity contribution in [2.75, 3.05) is 0 Å². The van der Waals surface area contributed by atoms with E-state index < -0.39 is 0 Å². The Kier molecular flexibility index (Phi) is 1.50. The molecule has 0 N–H and O–H groups in total. The summed E-state index contributed by atoms with van der Waals surface area (Å²) in [5.41, 5.74) is 1.48. The Morgan fingerprint density at radius 1 is 1.50 bits per heavy atom. The summed E-state index contributed by atoms with van der Waals surface area (Å²) < 4.78 is 0. The van der Waals surface area contributed by atoms with Gasteiger partial charge in [0.1, 0.15) is 0 Å². The van der Waals surface area contributed by atoms with Crippen molar-refractivity contribution < 1.29 is 4.79 Å². The van der Waals surface area contributed by atoms with Gasteiger partial charge in [-0.1, -0.05) is 0 Å². The monoisotopic (exact) mass is 160 g/mol. The average molecular weight is 160 g/mol. The van der Waals surface area contributed by atoms with Crippen LogP contribution in [0.1, 0.15) is 23.7 Å². The van der Waals surface area contributed by atoms with Crippen molar-refractivity contribution in [3.8, 4) is 0 Å². The van der Waals surface area contributed by atoms with Gasteiger partial charge in [-0.15, -0.1) is 0 Å². The molecule has 1 aliphatic rings. The Morgan fingerprint density at radius 3 is 3.17 bits per heavy atom. The molecule has 60 valence electrons. The van der Waals surface area contributed by atoms with Crippen LogP contribution in [0, 0.1) is 0 Å². The molecule has 0 bridgehead atoms. The molecule has 1 aliphatic heterocycles. The number of Topliss-reactive ketones (excluding diaryl/α,β-unsaturated/α-hetero) is 1. The number of carbonyl (C=O) groups excluding carboxylic acids is 1. The Labute approximate surface area is 70.2 Å². The zero-order chi connectivity index (χ0) is 8.55. The maximum atomic E-state index is 11.4. The average Bonchev–Trinajstić information content (AvgIpc) is 2.04. The summed E-state index contributed by atoms with van der Waals surface area (Å²) >= 11 is 0. The molecule has 2 rings (SSSR count). The van der Waals surface area contributed by atoms with Crippen molar-refractivity contribution in [3.63, 3.8) is 0 Å². The van der Waals surface area contributed by atoms with Crippen LogP contribution in [-0.2, 0) is 0 Å². The molecule has 0 saturated carbocycles. The van der Waals surface area contributed by atoms with Gasteiger partial charge in [-0.25, -0.2) is 9.98 Å². The van der Waals surface area contributed by atoms with E-state index in [2.05, 4.69) is 9.98 Å². The molecule has 3 nitrogen and oxygen atoms in total. The van der Waals surface area contributed by atoms with Crippen LogP contribution in [-0.4, -0.2) is 16.5 Å². The number of aliphatic imine (C=N–C) groups is 1. The lowest BCUT2D eigenvalue weighted by molar-refractivity contribution is 0.0999. The Morgan fingerprint density at radius 2 is 2.33 bits per heavy atom. The van der Waals surface area contributed by atoms with E-state index in [1.54, 1.807) is 18.3 Å². The fourth-order valence-corrected chi connectivity index (χ4v) is 1.25. The summed E-state index contributed by atoms with van der Waals surface area (Å²) in [5.74, 6) is 0.678. The van der Waals surface area contributed by atoms with Crippen LogP contribution >= 0.6 is 0 Å². The van der Waals surface area contributed by atoms with E-state index >= 15 is 0 Å². The van der Waals surface area contributed by atoms with E-state index in [4.69, 9.17) is 0 Å². The SMILES string of the molecule is CC1=Nc2ncccc2C(=O)C1. The van der Waals surface area contributed by atoms with Gasteiger partial charge in [0, 0.05) is 18.3 Å². The Balaban J connectivity index is 2.62. The van der Waals surface area contributed by atoms with Gasteiger partial charge in [0.05, 0.1) is 5.56 Å². The van der Waals surface area contributed by atoms with Gasteiger partial charge in [0.2, 0.25) is 0 Å². The highest BCUT2D eigenvalue weighted by Gasteiger charge is 2.17. The molecule has 0 radical (unpaired) electrons. The van der Waals surface area contributed by atoms with Crippen LogP contribution in [0.15, 0.2) is 23.3 Å². The molecule has 0 atom stereocenters. The predicted octanol–water partition coefficient (Wildman–Crippen LogP) is 1.76. The number of hydrogen-bond acceptors (Lipinski definition) is 3. The summed E-state index contributed by atoms with van der Waals surface area (Å²) in [6.45, 7) is 1.84. The molecule has 2 heterocycles. The normalized spacial score (nSPS) is 15.4. The second kappa shape index (κ2) is 2.52. The topological polar surface area (TPSA) is 42.3 Å². The first kappa shape index (κ1) is 7.16. The standard InChI is InChI=1S/C9H8N2O/c1-6-5-8(12)7-3-2-4-10-9(7)11-6/h2-4H,5H2,1H3. The summed E-state index contributed by atoms with van der Waals surface area (Å²) in [6.07, 6.45) is 2.08. The van der Waals surface area contributed by atoms with Crippen molar-refractivity contribution in [1.82, 2.24) is 4.98 Å². The molecule has 0 amide bonds. The molecule has 0 saturated heterocycles. The van der Waals surface area contributed by atoms with E-state index in [9.17, 15) is 4.79 Å². The van der Waals surface area contributed by atoms with Crippen molar-refractivity contribution in [2.45, 2.75) is 13.3 Å². The molecule has 12 heavy (non-hydrogen) atoms. The molecular formula is C9H8N2O. The predicted molar refractivity (Wildman–Crippen MR) is 46.0 cm³/mol. The number of carbonyl (C=O) groups is 1. The highest BCUT2D eigenvalue weighted by molar-refractivity contribution is 6.14. The lowest BCUT2D eigenvalue weighted by Gasteiger charge is -2.09. The molecule has 1 aromatic rings. The number of fused-ring (bicyclic) bond motifs is 1. The summed E-state index contributed by atoms with van der Waals surface area (Å²) in [4.78, 5) is 19.6. The zero-order valence-electron chi connectivity index (χ0n) is 6.74. The van der Waals surface area contributed by atoms with Crippen LogP contribution in [0.4, 0.5) is 5.82 Å². The summed E-state index contributed by atoms with van der Waals surface area (Å²) in [7, 11) is 0. The van der Waals surface area contributed by atoms with Gasteiger partial charge in [-0.05, 0) is 19.1 Å². The maximum absolute atomic E-state index is 11.4. The minimum atomic E-state index is 0.116. The van der Waals surface area contributed by atoms with E-state index in [1.807, 2.05) is 6.92 Å². The minimum Gasteiger partial charge on any atom is -0.294 e. The van der Waals surface area contributed by atoms with Gasteiger partial charge >= 0.3 is 0 Å². The number of ketones is 1. The van der Waals surface area contributed by atoms with E-state index in [0.29, 0.717) is 17.8 Å². The van der Waals surface area contributed by atoms with Gasteiger partial charge in [0.25, 0.3) is 0 Å². The highest BCUT2D eigenvalue weighted by Crippen LogP contribution is 2.22. The van der Waals surface area contributed by atoms with Gasteiger partial charge in [-0.3, -0.25) is 4.79 Å². The van der Waals surface area contributed by atoms with Crippen molar-refractivity contribution in [1.29, 1.82) is 0 Å². The lowest BCUT2D eigenvalue weighted by Crippen LogP contribution is -2.10. The van der Waals surface area contributed by atoms with Gasteiger partial charge in [-0.2, -0.15) is 0 Å². The third-order valence-corrected chi connectivity index (χ3v) is 1.80. The van der Waals surface area contributed by atoms with Crippen LogP contribution in [0.5, 0.6) is 0 Å². The number of rotatable bonds is 0. The summed E-state index contributed by atoms with van der Waals surface area (Å²) in [5, 5.41) is 0. The second-order valence-corrected chi connectivity index (χ2v) is 2.82. The lowest BCUT2D eigenvalue weighted by atomic mass is 10.0. The van der Waals surface area contributed by atoms with E-state index in [-0.39, 0.29) is 5.78 Å².